The number of hydrogen-bond acceptors (Lipinski definition) is 4. The van der Waals surface area contributed by atoms with Crippen molar-refractivity contribution in [3.05, 3.63) is 36.9 Å². The summed E-state index contributed by atoms with van der Waals surface area (Å²) >= 11 is 0. The lowest BCUT2D eigenvalue weighted by Crippen LogP contribution is -2.41. The molecule has 1 rings (SSSR count). The highest BCUT2D eigenvalue weighted by Gasteiger charge is 2.27. The molecule has 88 valence electrons. The van der Waals surface area contributed by atoms with Crippen molar-refractivity contribution in [2.24, 2.45) is 0 Å². The number of benzene rings is 1. The summed E-state index contributed by atoms with van der Waals surface area (Å²) in [6.07, 6.45) is 1.62. The summed E-state index contributed by atoms with van der Waals surface area (Å²) in [7, 11) is 2.05. The smallest absolute Gasteiger partial charge is 0.288 e. The minimum atomic E-state index is -1.10. The van der Waals surface area contributed by atoms with Crippen molar-refractivity contribution in [1.82, 2.24) is 0 Å². The Hall–Kier alpha value is -1.30. The van der Waals surface area contributed by atoms with Crippen LogP contribution in [-0.2, 0) is 9.47 Å². The molecule has 0 heterocycles. The molecule has 0 radical (unpaired) electrons. The van der Waals surface area contributed by atoms with E-state index < -0.39 is 15.2 Å². The van der Waals surface area contributed by atoms with Crippen LogP contribution in [0.1, 0.15) is 0 Å². The Bertz CT molecular complexity index is 336. The monoisotopic (exact) mass is 239 g/mol. The molecule has 0 aliphatic heterocycles. The SMILES string of the molecule is C=CC(OC)(OC)[SiH2]Oc1ccc(N)cc1. The van der Waals surface area contributed by atoms with Crippen molar-refractivity contribution in [3.8, 4) is 5.75 Å². The van der Waals surface area contributed by atoms with Gasteiger partial charge in [-0.15, -0.1) is 0 Å². The quantitative estimate of drug-likeness (QED) is 0.346. The van der Waals surface area contributed by atoms with Crippen molar-refractivity contribution in [1.29, 1.82) is 0 Å². The normalized spacial score (nSPS) is 11.9. The van der Waals surface area contributed by atoms with Crippen LogP contribution in [0.2, 0.25) is 0 Å². The second-order valence-electron chi connectivity index (χ2n) is 3.28. The maximum absolute atomic E-state index is 5.66. The lowest BCUT2D eigenvalue weighted by Gasteiger charge is -2.26. The molecule has 16 heavy (non-hydrogen) atoms. The first-order chi connectivity index (χ1) is 7.65. The number of nitrogen functional groups attached to an aromatic ring is 1. The molecule has 0 atom stereocenters. The van der Waals surface area contributed by atoms with Crippen LogP contribution in [0.5, 0.6) is 5.75 Å². The van der Waals surface area contributed by atoms with Crippen LogP contribution < -0.4 is 10.2 Å². The van der Waals surface area contributed by atoms with Gasteiger partial charge in [0.2, 0.25) is 5.41 Å². The molecule has 1 aromatic carbocycles. The largest absolute Gasteiger partial charge is 0.543 e. The van der Waals surface area contributed by atoms with Crippen LogP contribution in [0.15, 0.2) is 36.9 Å². The molecule has 0 spiro atoms. The second-order valence-corrected chi connectivity index (χ2v) is 4.84. The lowest BCUT2D eigenvalue weighted by molar-refractivity contribution is -0.113. The molecule has 0 saturated carbocycles. The topological polar surface area (TPSA) is 53.7 Å². The Labute approximate surface area is 97.9 Å². The van der Waals surface area contributed by atoms with Crippen molar-refractivity contribution in [2.45, 2.75) is 5.41 Å². The van der Waals surface area contributed by atoms with E-state index in [0.29, 0.717) is 5.69 Å². The van der Waals surface area contributed by atoms with Gasteiger partial charge in [-0.2, -0.15) is 0 Å². The maximum Gasteiger partial charge on any atom is 0.288 e. The number of hydrogen-bond donors (Lipinski definition) is 1. The molecule has 0 unspecified atom stereocenters. The molecule has 0 aliphatic rings. The fraction of sp³-hybridized carbons (Fsp3) is 0.273. The van der Waals surface area contributed by atoms with Crippen LogP contribution in [-0.4, -0.2) is 29.4 Å². The average molecular weight is 239 g/mol. The van der Waals surface area contributed by atoms with E-state index in [0.717, 1.165) is 5.75 Å². The summed E-state index contributed by atoms with van der Waals surface area (Å²) in [5.41, 5.74) is 5.51. The number of rotatable bonds is 6. The third-order valence-corrected chi connectivity index (χ3v) is 4.07. The fourth-order valence-corrected chi connectivity index (χ4v) is 2.09. The number of nitrogens with two attached hydrogens (primary N) is 1. The summed E-state index contributed by atoms with van der Waals surface area (Å²) < 4.78 is 16.2. The molecule has 1 aromatic rings. The highest BCUT2D eigenvalue weighted by atomic mass is 28.2. The third kappa shape index (κ3) is 3.09. The van der Waals surface area contributed by atoms with Gasteiger partial charge in [0.25, 0.3) is 9.76 Å². The van der Waals surface area contributed by atoms with E-state index >= 15 is 0 Å². The summed E-state index contributed by atoms with van der Waals surface area (Å²) in [6.45, 7) is 3.69. The molecule has 0 amide bonds. The molecule has 0 fully saturated rings. The Kier molecular flexibility index (Phi) is 4.54. The molecule has 0 aromatic heterocycles. The summed E-state index contributed by atoms with van der Waals surface area (Å²) in [5.74, 6) is 0.765. The van der Waals surface area contributed by atoms with Crippen molar-refractivity contribution in [3.63, 3.8) is 0 Å². The summed E-state index contributed by atoms with van der Waals surface area (Å²) in [4.78, 5) is 0. The Morgan fingerprint density at radius 2 is 1.81 bits per heavy atom. The second kappa shape index (κ2) is 5.69. The summed E-state index contributed by atoms with van der Waals surface area (Å²) in [6, 6.07) is 7.22. The van der Waals surface area contributed by atoms with E-state index in [1.165, 1.54) is 0 Å². The van der Waals surface area contributed by atoms with Crippen LogP contribution in [0, 0.1) is 0 Å². The van der Waals surface area contributed by atoms with Crippen molar-refractivity contribution >= 4 is 15.5 Å². The first kappa shape index (κ1) is 12.8. The van der Waals surface area contributed by atoms with E-state index in [9.17, 15) is 0 Å². The summed E-state index contributed by atoms with van der Waals surface area (Å²) in [5, 5.41) is 0. The van der Waals surface area contributed by atoms with Gasteiger partial charge in [0.1, 0.15) is 5.75 Å². The lowest BCUT2D eigenvalue weighted by atomic mass is 10.3. The molecule has 0 aliphatic carbocycles. The predicted molar refractivity (Wildman–Crippen MR) is 67.0 cm³/mol. The van der Waals surface area contributed by atoms with Gasteiger partial charge in [0, 0.05) is 19.9 Å². The van der Waals surface area contributed by atoms with Crippen LogP contribution in [0.25, 0.3) is 0 Å². The number of anilines is 1. The van der Waals surface area contributed by atoms with Gasteiger partial charge in [0.05, 0.1) is 0 Å². The molecule has 2 N–H and O–H groups in total. The average Bonchev–Trinajstić information content (AvgIpc) is 2.34. The minimum Gasteiger partial charge on any atom is -0.543 e. The fourth-order valence-electron chi connectivity index (χ4n) is 1.17. The van der Waals surface area contributed by atoms with Crippen molar-refractivity contribution < 1.29 is 13.9 Å². The van der Waals surface area contributed by atoms with Crippen LogP contribution in [0.3, 0.4) is 0 Å². The minimum absolute atomic E-state index is 0.711. The van der Waals surface area contributed by atoms with E-state index in [1.54, 1.807) is 32.4 Å². The molecule has 0 bridgehead atoms. The Balaban J connectivity index is 2.62. The van der Waals surface area contributed by atoms with Crippen molar-refractivity contribution in [2.75, 3.05) is 20.0 Å². The zero-order valence-corrected chi connectivity index (χ0v) is 11.0. The van der Waals surface area contributed by atoms with Gasteiger partial charge in [-0.05, 0) is 30.3 Å². The van der Waals surface area contributed by atoms with E-state index in [1.807, 2.05) is 12.1 Å². The zero-order chi connectivity index (χ0) is 12.0. The zero-order valence-electron chi connectivity index (χ0n) is 9.60. The molecular weight excluding hydrogens is 222 g/mol. The van der Waals surface area contributed by atoms with E-state index in [2.05, 4.69) is 6.58 Å². The molecule has 0 saturated heterocycles. The van der Waals surface area contributed by atoms with Gasteiger partial charge in [-0.3, -0.25) is 0 Å². The van der Waals surface area contributed by atoms with Crippen LogP contribution in [0.4, 0.5) is 5.69 Å². The van der Waals surface area contributed by atoms with Gasteiger partial charge >= 0.3 is 0 Å². The first-order valence-electron chi connectivity index (χ1n) is 4.88. The highest BCUT2D eigenvalue weighted by molar-refractivity contribution is 6.33. The number of methoxy groups -OCH3 is 2. The van der Waals surface area contributed by atoms with Gasteiger partial charge in [-0.25, -0.2) is 0 Å². The van der Waals surface area contributed by atoms with E-state index in [-0.39, 0.29) is 0 Å². The molecular formula is C11H17NO3Si. The van der Waals surface area contributed by atoms with E-state index in [4.69, 9.17) is 19.6 Å². The molecule has 5 heteroatoms. The van der Waals surface area contributed by atoms with Gasteiger partial charge < -0.3 is 19.6 Å². The molecule has 4 nitrogen and oxygen atoms in total. The predicted octanol–water partition coefficient (Wildman–Crippen LogP) is 0.864. The Morgan fingerprint density at radius 3 is 2.25 bits per heavy atom. The Morgan fingerprint density at radius 1 is 1.25 bits per heavy atom. The first-order valence-corrected chi connectivity index (χ1v) is 6.16. The maximum atomic E-state index is 5.66. The van der Waals surface area contributed by atoms with Gasteiger partial charge in [0.15, 0.2) is 0 Å². The standard InChI is InChI=1S/C11H17NO3Si/c1-4-11(13-2,14-3)16-15-10-7-5-9(12)6-8-10/h4-8H,1,12,16H2,2-3H3. The van der Waals surface area contributed by atoms with Gasteiger partial charge in [-0.1, -0.05) is 6.58 Å². The highest BCUT2D eigenvalue weighted by Crippen LogP contribution is 2.16. The number of ether oxygens (including phenoxy) is 2. The van der Waals surface area contributed by atoms with Crippen LogP contribution >= 0.6 is 0 Å². The third-order valence-electron chi connectivity index (χ3n) is 2.32.